The maximum atomic E-state index is 12.8. The molecule has 0 N–H and O–H groups in total. The lowest BCUT2D eigenvalue weighted by atomic mass is 10.2. The number of fused-ring (bicyclic) bond motifs is 1. The van der Waals surface area contributed by atoms with Crippen LogP contribution in [-0.2, 0) is 11.0 Å². The Labute approximate surface area is 172 Å². The van der Waals surface area contributed by atoms with Gasteiger partial charge in [0.25, 0.3) is 0 Å². The van der Waals surface area contributed by atoms with E-state index >= 15 is 0 Å². The molecule has 3 aromatic rings. The highest BCUT2D eigenvalue weighted by Gasteiger charge is 2.32. The van der Waals surface area contributed by atoms with Gasteiger partial charge < -0.3 is 9.64 Å². The van der Waals surface area contributed by atoms with Crippen LogP contribution in [0, 0.1) is 0 Å². The highest BCUT2D eigenvalue weighted by molar-refractivity contribution is 8.01. The van der Waals surface area contributed by atoms with Crippen LogP contribution < -0.4 is 4.74 Å². The SMILES string of the molecule is O=C(CSc1nc2ccccc2s1)N1CC[C@H](Oc2cc(C(F)(F)F)ccn2)C1. The molecular formula is C19H16F3N3O2S2. The maximum absolute atomic E-state index is 12.8. The van der Waals surface area contributed by atoms with Crippen molar-refractivity contribution in [1.82, 2.24) is 14.9 Å². The molecule has 1 aromatic carbocycles. The Morgan fingerprint density at radius 1 is 1.31 bits per heavy atom. The highest BCUT2D eigenvalue weighted by Crippen LogP contribution is 2.32. The minimum Gasteiger partial charge on any atom is -0.472 e. The van der Waals surface area contributed by atoms with E-state index in [4.69, 9.17) is 4.74 Å². The number of ether oxygens (including phenoxy) is 1. The maximum Gasteiger partial charge on any atom is 0.416 e. The summed E-state index contributed by atoms with van der Waals surface area (Å²) >= 11 is 2.93. The van der Waals surface area contributed by atoms with E-state index in [0.29, 0.717) is 19.5 Å². The van der Waals surface area contributed by atoms with E-state index in [-0.39, 0.29) is 23.6 Å². The summed E-state index contributed by atoms with van der Waals surface area (Å²) in [5.41, 5.74) is 0.108. The van der Waals surface area contributed by atoms with E-state index in [0.717, 1.165) is 32.9 Å². The number of carbonyl (C=O) groups is 1. The second-order valence-corrected chi connectivity index (χ2v) is 8.74. The van der Waals surface area contributed by atoms with Gasteiger partial charge in [-0.1, -0.05) is 23.9 Å². The molecule has 0 unspecified atom stereocenters. The lowest BCUT2D eigenvalue weighted by Gasteiger charge is -2.17. The molecule has 0 bridgehead atoms. The van der Waals surface area contributed by atoms with Gasteiger partial charge in [-0.15, -0.1) is 11.3 Å². The zero-order valence-corrected chi connectivity index (χ0v) is 16.7. The van der Waals surface area contributed by atoms with Crippen molar-refractivity contribution in [1.29, 1.82) is 0 Å². The van der Waals surface area contributed by atoms with Crippen molar-refractivity contribution in [3.63, 3.8) is 0 Å². The van der Waals surface area contributed by atoms with E-state index in [1.165, 1.54) is 11.8 Å². The molecule has 0 aliphatic carbocycles. The number of aromatic nitrogens is 2. The third-order valence-corrected chi connectivity index (χ3v) is 6.60. The van der Waals surface area contributed by atoms with Crippen LogP contribution in [0.3, 0.4) is 0 Å². The largest absolute Gasteiger partial charge is 0.472 e. The lowest BCUT2D eigenvalue weighted by molar-refractivity contribution is -0.137. The molecule has 1 atom stereocenters. The number of thioether (sulfide) groups is 1. The Bertz CT molecular complexity index is 992. The van der Waals surface area contributed by atoms with E-state index < -0.39 is 11.7 Å². The van der Waals surface area contributed by atoms with Gasteiger partial charge in [-0.3, -0.25) is 4.79 Å². The molecule has 0 spiro atoms. The average Bonchev–Trinajstić information content (AvgIpc) is 3.32. The van der Waals surface area contributed by atoms with Crippen LogP contribution in [0.25, 0.3) is 10.2 Å². The van der Waals surface area contributed by atoms with Crippen LogP contribution in [0.5, 0.6) is 5.88 Å². The minimum atomic E-state index is -4.45. The fraction of sp³-hybridized carbons (Fsp3) is 0.316. The van der Waals surface area contributed by atoms with Gasteiger partial charge in [-0.05, 0) is 18.2 Å². The molecule has 10 heteroatoms. The summed E-state index contributed by atoms with van der Waals surface area (Å²) in [4.78, 5) is 22.5. The minimum absolute atomic E-state index is 0.0441. The number of rotatable bonds is 5. The number of amides is 1. The molecule has 1 aliphatic heterocycles. The number of nitrogens with zero attached hydrogens (tertiary/aromatic N) is 3. The first-order valence-electron chi connectivity index (χ1n) is 8.84. The third kappa shape index (κ3) is 4.81. The number of hydrogen-bond donors (Lipinski definition) is 0. The molecule has 3 heterocycles. The molecule has 0 saturated carbocycles. The van der Waals surface area contributed by atoms with Crippen molar-refractivity contribution in [2.45, 2.75) is 23.0 Å². The van der Waals surface area contributed by atoms with Gasteiger partial charge in [0.1, 0.15) is 6.10 Å². The zero-order chi connectivity index (χ0) is 20.4. The van der Waals surface area contributed by atoms with Gasteiger partial charge in [0.05, 0.1) is 28.1 Å². The predicted octanol–water partition coefficient (Wildman–Crippen LogP) is 4.48. The Balaban J connectivity index is 1.30. The van der Waals surface area contributed by atoms with Crippen molar-refractivity contribution in [2.75, 3.05) is 18.8 Å². The molecule has 1 saturated heterocycles. The van der Waals surface area contributed by atoms with Gasteiger partial charge >= 0.3 is 6.18 Å². The smallest absolute Gasteiger partial charge is 0.416 e. The van der Waals surface area contributed by atoms with E-state index in [1.807, 2.05) is 24.3 Å². The van der Waals surface area contributed by atoms with Gasteiger partial charge in [0.2, 0.25) is 11.8 Å². The quantitative estimate of drug-likeness (QED) is 0.549. The topological polar surface area (TPSA) is 55.3 Å². The van der Waals surface area contributed by atoms with Crippen molar-refractivity contribution in [2.24, 2.45) is 0 Å². The van der Waals surface area contributed by atoms with Crippen LogP contribution >= 0.6 is 23.1 Å². The van der Waals surface area contributed by atoms with Gasteiger partial charge in [-0.25, -0.2) is 9.97 Å². The zero-order valence-electron chi connectivity index (χ0n) is 15.1. The van der Waals surface area contributed by atoms with Gasteiger partial charge in [0, 0.05) is 25.2 Å². The number of likely N-dealkylation sites (tertiary alicyclic amines) is 1. The molecule has 0 radical (unpaired) electrons. The standard InChI is InChI=1S/C19H16F3N3O2S2/c20-19(21,22)12-5-7-23-16(9-12)27-13-6-8-25(10-13)17(26)11-28-18-24-14-3-1-2-4-15(14)29-18/h1-5,7,9,13H,6,8,10-11H2/t13-/m0/s1. The predicted molar refractivity (Wildman–Crippen MR) is 105 cm³/mol. The molecule has 152 valence electrons. The van der Waals surface area contributed by atoms with E-state index in [2.05, 4.69) is 9.97 Å². The van der Waals surface area contributed by atoms with Crippen molar-refractivity contribution >= 4 is 39.2 Å². The van der Waals surface area contributed by atoms with Crippen LogP contribution in [-0.4, -0.2) is 45.7 Å². The fourth-order valence-electron chi connectivity index (χ4n) is 3.00. The first-order valence-corrected chi connectivity index (χ1v) is 10.6. The van der Waals surface area contributed by atoms with Crippen molar-refractivity contribution in [3.8, 4) is 5.88 Å². The number of halogens is 3. The van der Waals surface area contributed by atoms with Crippen LogP contribution in [0.15, 0.2) is 46.9 Å². The van der Waals surface area contributed by atoms with Gasteiger partial charge in [0.15, 0.2) is 4.34 Å². The van der Waals surface area contributed by atoms with Crippen LogP contribution in [0.2, 0.25) is 0 Å². The molecule has 1 aliphatic rings. The number of thiazole rings is 1. The highest BCUT2D eigenvalue weighted by atomic mass is 32.2. The first kappa shape index (κ1) is 20.0. The Hall–Kier alpha value is -2.33. The molecule has 1 amide bonds. The monoisotopic (exact) mass is 439 g/mol. The van der Waals surface area contributed by atoms with Crippen molar-refractivity contribution < 1.29 is 22.7 Å². The summed E-state index contributed by atoms with van der Waals surface area (Å²) in [5.74, 6) is 0.134. The Kier molecular flexibility index (Phi) is 5.64. The molecule has 2 aromatic heterocycles. The number of carbonyl (C=O) groups excluding carboxylic acids is 1. The molecule has 29 heavy (non-hydrogen) atoms. The summed E-state index contributed by atoms with van der Waals surface area (Å²) in [6.07, 6.45) is -3.20. The van der Waals surface area contributed by atoms with Crippen molar-refractivity contribution in [3.05, 3.63) is 48.2 Å². The lowest BCUT2D eigenvalue weighted by Crippen LogP contribution is -2.32. The number of hydrogen-bond acceptors (Lipinski definition) is 6. The normalized spacial score (nSPS) is 17.1. The average molecular weight is 439 g/mol. The summed E-state index contributed by atoms with van der Waals surface area (Å²) in [6, 6.07) is 9.57. The second-order valence-electron chi connectivity index (χ2n) is 6.48. The summed E-state index contributed by atoms with van der Waals surface area (Å²) in [5, 5.41) is 0. The summed E-state index contributed by atoms with van der Waals surface area (Å²) in [6.45, 7) is 0.833. The molecule has 4 rings (SSSR count). The van der Waals surface area contributed by atoms with E-state index in [9.17, 15) is 18.0 Å². The Morgan fingerprint density at radius 3 is 2.93 bits per heavy atom. The molecule has 1 fully saturated rings. The molecular weight excluding hydrogens is 423 g/mol. The number of benzene rings is 1. The molecule has 5 nitrogen and oxygen atoms in total. The van der Waals surface area contributed by atoms with Crippen LogP contribution in [0.4, 0.5) is 13.2 Å². The fourth-order valence-corrected chi connectivity index (χ4v) is 4.97. The Morgan fingerprint density at radius 2 is 2.14 bits per heavy atom. The summed E-state index contributed by atoms with van der Waals surface area (Å²) < 4.78 is 45.9. The number of pyridine rings is 1. The van der Waals surface area contributed by atoms with Gasteiger partial charge in [-0.2, -0.15) is 13.2 Å². The number of alkyl halides is 3. The second kappa shape index (κ2) is 8.19. The van der Waals surface area contributed by atoms with E-state index in [1.54, 1.807) is 16.2 Å². The van der Waals surface area contributed by atoms with Crippen LogP contribution in [0.1, 0.15) is 12.0 Å². The summed E-state index contributed by atoms with van der Waals surface area (Å²) in [7, 11) is 0. The number of para-hydroxylation sites is 1. The first-order chi connectivity index (χ1) is 13.9. The third-order valence-electron chi connectivity index (χ3n) is 4.44.